The summed E-state index contributed by atoms with van der Waals surface area (Å²) < 4.78 is 13.5. The summed E-state index contributed by atoms with van der Waals surface area (Å²) in [4.78, 5) is 12.0. The van der Waals surface area contributed by atoms with Gasteiger partial charge >= 0.3 is 0 Å². The molecule has 0 aromatic heterocycles. The van der Waals surface area contributed by atoms with Gasteiger partial charge < -0.3 is 5.32 Å². The van der Waals surface area contributed by atoms with Crippen LogP contribution < -0.4 is 10.6 Å². The SMILES string of the molecule is CCC(NC(=O)C=Cc1ccccc1F)NC1CCCCC1. The minimum absolute atomic E-state index is 0.0270. The van der Waals surface area contributed by atoms with E-state index in [0.717, 1.165) is 6.42 Å². The zero-order chi connectivity index (χ0) is 15.8. The molecule has 3 nitrogen and oxygen atoms in total. The van der Waals surface area contributed by atoms with E-state index in [0.29, 0.717) is 11.6 Å². The van der Waals surface area contributed by atoms with Crippen molar-refractivity contribution in [2.75, 3.05) is 0 Å². The Hall–Kier alpha value is -1.68. The predicted molar refractivity (Wildman–Crippen MR) is 87.7 cm³/mol. The van der Waals surface area contributed by atoms with Gasteiger partial charge in [0, 0.05) is 17.7 Å². The largest absolute Gasteiger partial charge is 0.337 e. The van der Waals surface area contributed by atoms with Gasteiger partial charge in [0.05, 0.1) is 6.17 Å². The summed E-state index contributed by atoms with van der Waals surface area (Å²) in [6.07, 6.45) is 9.89. The number of nitrogens with one attached hydrogen (secondary N) is 2. The summed E-state index contributed by atoms with van der Waals surface area (Å²) in [5, 5.41) is 6.45. The number of benzene rings is 1. The van der Waals surface area contributed by atoms with E-state index in [4.69, 9.17) is 0 Å². The van der Waals surface area contributed by atoms with Crippen molar-refractivity contribution in [3.05, 3.63) is 41.7 Å². The van der Waals surface area contributed by atoms with Crippen LogP contribution in [0.3, 0.4) is 0 Å². The van der Waals surface area contributed by atoms with Crippen LogP contribution in [-0.4, -0.2) is 18.1 Å². The first-order chi connectivity index (χ1) is 10.7. The van der Waals surface area contributed by atoms with Crippen molar-refractivity contribution in [2.45, 2.75) is 57.7 Å². The molecule has 0 radical (unpaired) electrons. The van der Waals surface area contributed by atoms with Gasteiger partial charge in [0.2, 0.25) is 5.91 Å². The summed E-state index contributed by atoms with van der Waals surface area (Å²) in [5.74, 6) is -0.516. The first-order valence-electron chi connectivity index (χ1n) is 8.18. The Kier molecular flexibility index (Phi) is 6.59. The molecule has 0 bridgehead atoms. The number of hydrogen-bond donors (Lipinski definition) is 2. The summed E-state index contributed by atoms with van der Waals surface area (Å²) in [5.41, 5.74) is 0.422. The van der Waals surface area contributed by atoms with Crippen molar-refractivity contribution in [3.63, 3.8) is 0 Å². The van der Waals surface area contributed by atoms with E-state index in [-0.39, 0.29) is 17.9 Å². The van der Waals surface area contributed by atoms with Crippen molar-refractivity contribution in [2.24, 2.45) is 0 Å². The third-order valence-electron chi connectivity index (χ3n) is 4.09. The van der Waals surface area contributed by atoms with Crippen LogP contribution >= 0.6 is 0 Å². The molecule has 1 aromatic carbocycles. The van der Waals surface area contributed by atoms with Crippen LogP contribution in [0.1, 0.15) is 51.0 Å². The van der Waals surface area contributed by atoms with E-state index in [1.165, 1.54) is 50.3 Å². The lowest BCUT2D eigenvalue weighted by Crippen LogP contribution is -2.49. The third kappa shape index (κ3) is 5.26. The van der Waals surface area contributed by atoms with Gasteiger partial charge in [-0.15, -0.1) is 0 Å². The van der Waals surface area contributed by atoms with Crippen LogP contribution in [0.5, 0.6) is 0 Å². The number of carbonyl (C=O) groups excluding carboxylic acids is 1. The Morgan fingerprint density at radius 3 is 2.73 bits per heavy atom. The highest BCUT2D eigenvalue weighted by molar-refractivity contribution is 5.91. The topological polar surface area (TPSA) is 41.1 Å². The molecule has 120 valence electrons. The normalized spacial score (nSPS) is 17.5. The number of hydrogen-bond acceptors (Lipinski definition) is 2. The molecular weight excluding hydrogens is 279 g/mol. The van der Waals surface area contributed by atoms with Gasteiger partial charge in [-0.3, -0.25) is 10.1 Å². The van der Waals surface area contributed by atoms with Crippen LogP contribution in [0.15, 0.2) is 30.3 Å². The summed E-state index contributed by atoms with van der Waals surface area (Å²) in [6, 6.07) is 6.91. The highest BCUT2D eigenvalue weighted by Crippen LogP contribution is 2.17. The fraction of sp³-hybridized carbons (Fsp3) is 0.500. The maximum atomic E-state index is 13.5. The molecule has 22 heavy (non-hydrogen) atoms. The fourth-order valence-electron chi connectivity index (χ4n) is 2.81. The van der Waals surface area contributed by atoms with E-state index in [1.54, 1.807) is 18.2 Å². The molecule has 1 atom stereocenters. The first-order valence-corrected chi connectivity index (χ1v) is 8.18. The van der Waals surface area contributed by atoms with Crippen molar-refractivity contribution in [3.8, 4) is 0 Å². The molecule has 0 saturated heterocycles. The molecule has 4 heteroatoms. The number of carbonyl (C=O) groups is 1. The molecule has 1 aromatic rings. The van der Waals surface area contributed by atoms with Crippen LogP contribution in [0.25, 0.3) is 6.08 Å². The Morgan fingerprint density at radius 2 is 2.05 bits per heavy atom. The predicted octanol–water partition coefficient (Wildman–Crippen LogP) is 3.61. The van der Waals surface area contributed by atoms with E-state index in [1.807, 2.05) is 6.92 Å². The fourth-order valence-corrected chi connectivity index (χ4v) is 2.81. The first kappa shape index (κ1) is 16.7. The van der Waals surface area contributed by atoms with Gasteiger partial charge in [-0.1, -0.05) is 44.4 Å². The standard InChI is InChI=1S/C18H25FN2O/c1-2-17(20-15-9-4-3-5-10-15)21-18(22)13-12-14-8-6-7-11-16(14)19/h6-8,11-13,15,17,20H,2-5,9-10H2,1H3,(H,21,22). The van der Waals surface area contributed by atoms with E-state index in [2.05, 4.69) is 10.6 Å². The lowest BCUT2D eigenvalue weighted by molar-refractivity contribution is -0.117. The zero-order valence-corrected chi connectivity index (χ0v) is 13.1. The molecule has 2 rings (SSSR count). The smallest absolute Gasteiger partial charge is 0.245 e. The number of amides is 1. The van der Waals surface area contributed by atoms with E-state index in [9.17, 15) is 9.18 Å². The van der Waals surface area contributed by atoms with Crippen LogP contribution in [0.4, 0.5) is 4.39 Å². The third-order valence-corrected chi connectivity index (χ3v) is 4.09. The van der Waals surface area contributed by atoms with Gasteiger partial charge in [-0.25, -0.2) is 4.39 Å². The quantitative estimate of drug-likeness (QED) is 0.622. The van der Waals surface area contributed by atoms with Gasteiger partial charge in [0.15, 0.2) is 0 Å². The molecule has 0 aliphatic heterocycles. The number of halogens is 1. The molecule has 1 aliphatic rings. The Morgan fingerprint density at radius 1 is 1.32 bits per heavy atom. The van der Waals surface area contributed by atoms with Gasteiger partial charge in [-0.05, 0) is 31.4 Å². The van der Waals surface area contributed by atoms with Gasteiger partial charge in [0.25, 0.3) is 0 Å². The maximum Gasteiger partial charge on any atom is 0.245 e. The Balaban J connectivity index is 1.85. The molecule has 1 saturated carbocycles. The van der Waals surface area contributed by atoms with Crippen LogP contribution in [0.2, 0.25) is 0 Å². The van der Waals surface area contributed by atoms with Gasteiger partial charge in [0.1, 0.15) is 5.82 Å². The molecule has 1 amide bonds. The molecule has 1 unspecified atom stereocenters. The summed E-state index contributed by atoms with van der Waals surface area (Å²) in [6.45, 7) is 2.04. The average Bonchev–Trinajstić information content (AvgIpc) is 2.54. The van der Waals surface area contributed by atoms with Gasteiger partial charge in [-0.2, -0.15) is 0 Å². The van der Waals surface area contributed by atoms with Crippen molar-refractivity contribution < 1.29 is 9.18 Å². The van der Waals surface area contributed by atoms with Crippen molar-refractivity contribution >= 4 is 12.0 Å². The Bertz CT molecular complexity index is 510. The highest BCUT2D eigenvalue weighted by atomic mass is 19.1. The minimum atomic E-state index is -0.320. The molecule has 1 aliphatic carbocycles. The van der Waals surface area contributed by atoms with Crippen molar-refractivity contribution in [1.82, 2.24) is 10.6 Å². The van der Waals surface area contributed by atoms with Crippen LogP contribution in [0, 0.1) is 5.82 Å². The zero-order valence-electron chi connectivity index (χ0n) is 13.1. The molecule has 1 fully saturated rings. The number of rotatable bonds is 6. The minimum Gasteiger partial charge on any atom is -0.337 e. The van der Waals surface area contributed by atoms with Crippen molar-refractivity contribution in [1.29, 1.82) is 0 Å². The second kappa shape index (κ2) is 8.69. The second-order valence-corrected chi connectivity index (χ2v) is 5.83. The Labute approximate surface area is 132 Å². The molecule has 2 N–H and O–H groups in total. The van der Waals surface area contributed by atoms with E-state index >= 15 is 0 Å². The summed E-state index contributed by atoms with van der Waals surface area (Å²) >= 11 is 0. The van der Waals surface area contributed by atoms with E-state index < -0.39 is 0 Å². The maximum absolute atomic E-state index is 13.5. The van der Waals surface area contributed by atoms with Crippen LogP contribution in [-0.2, 0) is 4.79 Å². The second-order valence-electron chi connectivity index (χ2n) is 5.83. The monoisotopic (exact) mass is 304 g/mol. The molecule has 0 heterocycles. The average molecular weight is 304 g/mol. The lowest BCUT2D eigenvalue weighted by Gasteiger charge is -2.28. The summed E-state index contributed by atoms with van der Waals surface area (Å²) in [7, 11) is 0. The highest BCUT2D eigenvalue weighted by Gasteiger charge is 2.17. The molecule has 0 spiro atoms. The lowest BCUT2D eigenvalue weighted by atomic mass is 9.95. The molecular formula is C18H25FN2O.